The van der Waals surface area contributed by atoms with Gasteiger partial charge in [0.1, 0.15) is 11.6 Å². The summed E-state index contributed by atoms with van der Waals surface area (Å²) < 4.78 is 33.0. The number of amides is 1. The van der Waals surface area contributed by atoms with Crippen LogP contribution in [0.5, 0.6) is 0 Å². The number of anilines is 1. The zero-order valence-corrected chi connectivity index (χ0v) is 19.9. The molecule has 1 amide bonds. The van der Waals surface area contributed by atoms with Crippen LogP contribution in [0.3, 0.4) is 0 Å². The minimum atomic E-state index is -3.99. The van der Waals surface area contributed by atoms with Crippen molar-refractivity contribution in [2.24, 2.45) is 5.92 Å². The Balaban J connectivity index is 1.45. The Morgan fingerprint density at radius 3 is 2.06 bits per heavy atom. The van der Waals surface area contributed by atoms with Crippen molar-refractivity contribution in [3.63, 3.8) is 0 Å². The predicted molar refractivity (Wildman–Crippen MR) is 133 cm³/mol. The molecule has 1 heterocycles. The largest absolute Gasteiger partial charge is 0.480 e. The molecule has 0 fully saturated rings. The molecule has 0 aliphatic rings. The minimum Gasteiger partial charge on any atom is -0.480 e. The van der Waals surface area contributed by atoms with Gasteiger partial charge in [-0.05, 0) is 53.4 Å². The van der Waals surface area contributed by atoms with Gasteiger partial charge in [0.25, 0.3) is 5.91 Å². The summed E-state index contributed by atoms with van der Waals surface area (Å²) in [5, 5.41) is 12.9. The number of rotatable bonds is 8. The van der Waals surface area contributed by atoms with Crippen molar-refractivity contribution >= 4 is 38.6 Å². The number of carbonyl (C=O) groups excluding carboxylic acids is 1. The molecule has 1 aromatic heterocycles. The van der Waals surface area contributed by atoms with E-state index < -0.39 is 28.0 Å². The lowest BCUT2D eigenvalue weighted by Crippen LogP contribution is -2.44. The van der Waals surface area contributed by atoms with E-state index in [9.17, 15) is 23.1 Å². The summed E-state index contributed by atoms with van der Waals surface area (Å²) in [5.41, 5.74) is 2.79. The zero-order valence-electron chi connectivity index (χ0n) is 19.1. The van der Waals surface area contributed by atoms with Crippen molar-refractivity contribution in [2.45, 2.75) is 24.8 Å². The monoisotopic (exact) mass is 492 g/mol. The van der Waals surface area contributed by atoms with Gasteiger partial charge in [0, 0.05) is 11.1 Å². The molecular formula is C26H24N2O6S. The van der Waals surface area contributed by atoms with Gasteiger partial charge in [0.05, 0.1) is 4.90 Å². The third kappa shape index (κ3) is 5.42. The first-order valence-corrected chi connectivity index (χ1v) is 12.4. The van der Waals surface area contributed by atoms with Crippen molar-refractivity contribution in [1.29, 1.82) is 0 Å². The lowest BCUT2D eigenvalue weighted by Gasteiger charge is -2.18. The van der Waals surface area contributed by atoms with Crippen molar-refractivity contribution < 1.29 is 27.5 Å². The summed E-state index contributed by atoms with van der Waals surface area (Å²) in [6, 6.07) is 21.0. The van der Waals surface area contributed by atoms with Crippen LogP contribution in [-0.4, -0.2) is 31.4 Å². The molecule has 0 radical (unpaired) electrons. The molecule has 35 heavy (non-hydrogen) atoms. The van der Waals surface area contributed by atoms with Crippen LogP contribution in [0.25, 0.3) is 22.1 Å². The number of hydrogen-bond donors (Lipinski definition) is 3. The molecule has 0 unspecified atom stereocenters. The molecular weight excluding hydrogens is 468 g/mol. The number of para-hydroxylation sites is 1. The number of furan rings is 1. The molecule has 3 aromatic carbocycles. The molecule has 8 nitrogen and oxygen atoms in total. The van der Waals surface area contributed by atoms with Crippen LogP contribution in [0.4, 0.5) is 5.69 Å². The summed E-state index contributed by atoms with van der Waals surface area (Å²) in [6.45, 7) is 3.26. The fourth-order valence-corrected chi connectivity index (χ4v) is 4.90. The molecule has 0 saturated heterocycles. The summed E-state index contributed by atoms with van der Waals surface area (Å²) in [4.78, 5) is 23.8. The number of carboxylic acid groups (broad SMARTS) is 1. The number of carbonyl (C=O) groups is 2. The highest BCUT2D eigenvalue weighted by molar-refractivity contribution is 7.89. The van der Waals surface area contributed by atoms with Gasteiger partial charge in [-0.3, -0.25) is 9.59 Å². The molecule has 9 heteroatoms. The molecule has 3 N–H and O–H groups in total. The Morgan fingerprint density at radius 1 is 0.886 bits per heavy atom. The normalized spacial score (nSPS) is 12.5. The van der Waals surface area contributed by atoms with Crippen LogP contribution in [0.2, 0.25) is 0 Å². The first-order chi connectivity index (χ1) is 16.6. The van der Waals surface area contributed by atoms with Crippen LogP contribution in [0.1, 0.15) is 24.4 Å². The molecule has 1 atom stereocenters. The third-order valence-corrected chi connectivity index (χ3v) is 6.96. The van der Waals surface area contributed by atoms with Crippen LogP contribution >= 0.6 is 0 Å². The summed E-state index contributed by atoms with van der Waals surface area (Å²) >= 11 is 0. The van der Waals surface area contributed by atoms with Crippen molar-refractivity contribution in [1.82, 2.24) is 4.72 Å². The van der Waals surface area contributed by atoms with E-state index in [0.29, 0.717) is 11.3 Å². The lowest BCUT2D eigenvalue weighted by atomic mass is 10.1. The fraction of sp³-hybridized carbons (Fsp3) is 0.154. The van der Waals surface area contributed by atoms with E-state index in [2.05, 4.69) is 10.0 Å². The van der Waals surface area contributed by atoms with Crippen LogP contribution in [0.15, 0.2) is 88.2 Å². The molecule has 0 saturated carbocycles. The number of hydrogen-bond acceptors (Lipinski definition) is 5. The van der Waals surface area contributed by atoms with Gasteiger partial charge in [-0.2, -0.15) is 4.72 Å². The van der Waals surface area contributed by atoms with E-state index in [1.54, 1.807) is 62.4 Å². The highest BCUT2D eigenvalue weighted by Crippen LogP contribution is 2.25. The van der Waals surface area contributed by atoms with Gasteiger partial charge < -0.3 is 14.8 Å². The Labute approximate surface area is 202 Å². The highest BCUT2D eigenvalue weighted by Gasteiger charge is 2.28. The predicted octanol–water partition coefficient (Wildman–Crippen LogP) is 4.74. The molecule has 0 spiro atoms. The van der Waals surface area contributed by atoms with E-state index in [0.717, 1.165) is 16.5 Å². The molecule has 0 aliphatic carbocycles. The van der Waals surface area contributed by atoms with Crippen molar-refractivity contribution in [3.05, 3.63) is 84.6 Å². The summed E-state index contributed by atoms with van der Waals surface area (Å²) in [7, 11) is -3.99. The zero-order chi connectivity index (χ0) is 25.2. The number of carboxylic acids is 1. The average Bonchev–Trinajstić information content (AvgIpc) is 3.27. The number of nitrogens with one attached hydrogen (secondary N) is 2. The van der Waals surface area contributed by atoms with E-state index in [1.807, 2.05) is 18.2 Å². The quantitative estimate of drug-likeness (QED) is 0.326. The number of aliphatic carboxylic acids is 1. The first kappa shape index (κ1) is 24.2. The van der Waals surface area contributed by atoms with Gasteiger partial charge in [-0.15, -0.1) is 0 Å². The van der Waals surface area contributed by atoms with Gasteiger partial charge in [0.2, 0.25) is 10.0 Å². The molecule has 0 aliphatic heterocycles. The van der Waals surface area contributed by atoms with Crippen LogP contribution < -0.4 is 10.0 Å². The van der Waals surface area contributed by atoms with Crippen molar-refractivity contribution in [3.8, 4) is 11.1 Å². The van der Waals surface area contributed by atoms with Crippen LogP contribution in [0, 0.1) is 5.92 Å². The topological polar surface area (TPSA) is 126 Å². The molecule has 4 rings (SSSR count). The second-order valence-corrected chi connectivity index (χ2v) is 10.1. The minimum absolute atomic E-state index is 0.0251. The second-order valence-electron chi connectivity index (χ2n) is 8.39. The van der Waals surface area contributed by atoms with E-state index in [-0.39, 0.29) is 16.6 Å². The van der Waals surface area contributed by atoms with Crippen LogP contribution in [-0.2, 0) is 14.8 Å². The Bertz CT molecular complexity index is 1440. The maximum Gasteiger partial charge on any atom is 0.322 e. The van der Waals surface area contributed by atoms with E-state index in [4.69, 9.17) is 4.42 Å². The maximum atomic E-state index is 12.6. The van der Waals surface area contributed by atoms with E-state index in [1.165, 1.54) is 12.1 Å². The van der Waals surface area contributed by atoms with Crippen molar-refractivity contribution in [2.75, 3.05) is 5.32 Å². The molecule has 0 bridgehead atoms. The SMILES string of the molecule is CC(C)[C@@H](NS(=O)(=O)c1ccc(-c2ccc(NC(=O)c3cc4ccccc4o3)cc2)cc1)C(=O)O. The number of benzene rings is 3. The average molecular weight is 493 g/mol. The van der Waals surface area contributed by atoms with Gasteiger partial charge >= 0.3 is 5.97 Å². The van der Waals surface area contributed by atoms with Gasteiger partial charge in [-0.25, -0.2) is 8.42 Å². The summed E-state index contributed by atoms with van der Waals surface area (Å²) in [5.74, 6) is -1.79. The van der Waals surface area contributed by atoms with E-state index >= 15 is 0 Å². The fourth-order valence-electron chi connectivity index (χ4n) is 3.57. The second kappa shape index (κ2) is 9.73. The highest BCUT2D eigenvalue weighted by atomic mass is 32.2. The number of fused-ring (bicyclic) bond motifs is 1. The van der Waals surface area contributed by atoms with Gasteiger partial charge in [0.15, 0.2) is 5.76 Å². The molecule has 4 aromatic rings. The Hall–Kier alpha value is -3.95. The number of sulfonamides is 1. The molecule has 180 valence electrons. The summed E-state index contributed by atoms with van der Waals surface area (Å²) in [6.07, 6.45) is 0. The first-order valence-electron chi connectivity index (χ1n) is 10.9. The Kier molecular flexibility index (Phi) is 6.72. The smallest absolute Gasteiger partial charge is 0.322 e. The third-order valence-electron chi connectivity index (χ3n) is 5.50. The maximum absolute atomic E-state index is 12.6. The Morgan fingerprint density at radius 2 is 1.49 bits per heavy atom. The standard InChI is InChI=1S/C26H24N2O6S/c1-16(2)24(26(30)31)28-35(32,33)21-13-9-18(10-14-21)17-7-11-20(12-8-17)27-25(29)23-15-19-5-3-4-6-22(19)34-23/h3-16,24,28H,1-2H3,(H,27,29)(H,30,31)/t24-/m1/s1. The van der Waals surface area contributed by atoms with Gasteiger partial charge in [-0.1, -0.05) is 56.3 Å². The lowest BCUT2D eigenvalue weighted by molar-refractivity contribution is -0.140.